The predicted molar refractivity (Wildman–Crippen MR) is 127 cm³/mol. The van der Waals surface area contributed by atoms with Crippen molar-refractivity contribution in [2.45, 2.75) is 26.3 Å². The van der Waals surface area contributed by atoms with E-state index in [1.54, 1.807) is 11.3 Å². The summed E-state index contributed by atoms with van der Waals surface area (Å²) in [4.78, 5) is 10.1. The van der Waals surface area contributed by atoms with Crippen molar-refractivity contribution in [2.24, 2.45) is 0 Å². The highest BCUT2D eigenvalue weighted by Gasteiger charge is 2.29. The Morgan fingerprint density at radius 2 is 2.06 bits per heavy atom. The van der Waals surface area contributed by atoms with Crippen LogP contribution in [0.25, 0.3) is 11.9 Å². The van der Waals surface area contributed by atoms with E-state index >= 15 is 0 Å². The first-order valence-electron chi connectivity index (χ1n) is 9.94. The lowest BCUT2D eigenvalue weighted by atomic mass is 10.1. The minimum absolute atomic E-state index is 0. The Morgan fingerprint density at radius 1 is 1.29 bits per heavy atom. The lowest BCUT2D eigenvalue weighted by molar-refractivity contribution is 0.0812. The molecular formula is C21H28Cl2F2N4OS. The molecule has 0 aromatic carbocycles. The highest BCUT2D eigenvalue weighted by molar-refractivity contribution is 7.16. The molecule has 1 saturated heterocycles. The number of anilines is 1. The summed E-state index contributed by atoms with van der Waals surface area (Å²) >= 11 is 1.61. The number of ether oxygens (including phenoxy) is 1. The summed E-state index contributed by atoms with van der Waals surface area (Å²) in [6.45, 7) is 7.93. The molecule has 2 aliphatic rings. The van der Waals surface area contributed by atoms with Gasteiger partial charge in [0.05, 0.1) is 22.5 Å². The molecule has 172 valence electrons. The number of likely N-dealkylation sites (N-methyl/N-ethyl adjacent to an activating group) is 1. The molecule has 5 nitrogen and oxygen atoms in total. The van der Waals surface area contributed by atoms with Crippen molar-refractivity contribution >= 4 is 53.0 Å². The minimum atomic E-state index is -0.935. The molecule has 2 aromatic heterocycles. The van der Waals surface area contributed by atoms with Crippen LogP contribution in [0.2, 0.25) is 0 Å². The third-order valence-corrected chi connectivity index (χ3v) is 6.57. The minimum Gasteiger partial charge on any atom is -0.382 e. The molecule has 4 rings (SSSR count). The number of nitrogens with one attached hydrogen (secondary N) is 1. The molecule has 1 fully saturated rings. The molecule has 0 spiro atoms. The van der Waals surface area contributed by atoms with E-state index in [1.165, 1.54) is 6.20 Å². The second-order valence-corrected chi connectivity index (χ2v) is 8.74. The van der Waals surface area contributed by atoms with Crippen molar-refractivity contribution in [2.75, 3.05) is 45.2 Å². The van der Waals surface area contributed by atoms with Gasteiger partial charge in [0.1, 0.15) is 5.00 Å². The van der Waals surface area contributed by atoms with Gasteiger partial charge in [-0.2, -0.15) is 0 Å². The number of aryl methyl sites for hydroxylation is 1. The van der Waals surface area contributed by atoms with Gasteiger partial charge in [0, 0.05) is 55.5 Å². The maximum absolute atomic E-state index is 14.6. The van der Waals surface area contributed by atoms with Crippen molar-refractivity contribution in [3.05, 3.63) is 44.9 Å². The zero-order valence-corrected chi connectivity index (χ0v) is 20.2. The number of pyridine rings is 1. The fraction of sp³-hybridized carbons (Fsp3) is 0.476. The van der Waals surface area contributed by atoms with E-state index in [0.717, 1.165) is 53.4 Å². The van der Waals surface area contributed by atoms with Crippen LogP contribution in [0.3, 0.4) is 0 Å². The first-order chi connectivity index (χ1) is 14.0. The standard InChI is InChI=1S/C21H26F2N4OS.2ClH/c1-4-28-8-5-14-12-27(7-6-26(14)3)20-15-9-13(2)29-21(15)25-10-16-18(23)17(22)11-24-19(16)20;;/h9-11,14,25H,4-8,12H2,1-3H3;2*1H. The summed E-state index contributed by atoms with van der Waals surface area (Å²) in [5.74, 6) is -1.80. The Morgan fingerprint density at radius 3 is 2.81 bits per heavy atom. The van der Waals surface area contributed by atoms with Gasteiger partial charge in [-0.3, -0.25) is 9.88 Å². The van der Waals surface area contributed by atoms with E-state index in [1.807, 2.05) is 13.8 Å². The average molecular weight is 493 g/mol. The maximum atomic E-state index is 14.6. The summed E-state index contributed by atoms with van der Waals surface area (Å²) in [6, 6.07) is 2.42. The largest absolute Gasteiger partial charge is 0.382 e. The Balaban J connectivity index is 0.00000171. The number of hydrogen-bond donors (Lipinski definition) is 1. The van der Waals surface area contributed by atoms with E-state index < -0.39 is 11.6 Å². The normalized spacial score (nSPS) is 18.0. The predicted octanol–water partition coefficient (Wildman–Crippen LogP) is 2.94. The molecule has 2 aromatic rings. The molecule has 0 aliphatic carbocycles. The van der Waals surface area contributed by atoms with E-state index in [4.69, 9.17) is 4.74 Å². The Labute approximate surface area is 197 Å². The maximum Gasteiger partial charge on any atom is 0.177 e. The molecule has 1 atom stereocenters. The molecule has 0 amide bonds. The van der Waals surface area contributed by atoms with Crippen LogP contribution in [0.4, 0.5) is 13.8 Å². The van der Waals surface area contributed by atoms with Crippen LogP contribution in [0.1, 0.15) is 23.8 Å². The van der Waals surface area contributed by atoms with Gasteiger partial charge >= 0.3 is 0 Å². The van der Waals surface area contributed by atoms with Crippen molar-refractivity contribution in [1.82, 2.24) is 14.8 Å². The van der Waals surface area contributed by atoms with E-state index in [2.05, 4.69) is 33.2 Å². The van der Waals surface area contributed by atoms with Crippen LogP contribution >= 0.6 is 36.2 Å². The van der Waals surface area contributed by atoms with Crippen molar-refractivity contribution in [3.8, 4) is 0 Å². The summed E-state index contributed by atoms with van der Waals surface area (Å²) < 4.78 is 34.1. The first-order valence-corrected chi connectivity index (χ1v) is 10.8. The number of nitrogens with zero attached hydrogens (tertiary/aromatic N) is 3. The summed E-state index contributed by atoms with van der Waals surface area (Å²) in [7, 11) is 2.13. The van der Waals surface area contributed by atoms with Gasteiger partial charge < -0.3 is 15.0 Å². The number of rotatable bonds is 5. The monoisotopic (exact) mass is 492 g/mol. The van der Waals surface area contributed by atoms with Crippen LogP contribution in [-0.4, -0.2) is 60.7 Å². The second kappa shape index (κ2) is 10.9. The lowest BCUT2D eigenvalue weighted by Crippen LogP contribution is -2.53. The number of piperazine rings is 1. The number of thiophene rings is 1. The van der Waals surface area contributed by atoms with E-state index in [-0.39, 0.29) is 30.0 Å². The van der Waals surface area contributed by atoms with Crippen molar-refractivity contribution in [3.63, 3.8) is 0 Å². The highest BCUT2D eigenvalue weighted by atomic mass is 35.5. The van der Waals surface area contributed by atoms with Gasteiger partial charge in [-0.15, -0.1) is 36.2 Å². The highest BCUT2D eigenvalue weighted by Crippen LogP contribution is 2.35. The molecule has 10 heteroatoms. The summed E-state index contributed by atoms with van der Waals surface area (Å²) in [6.07, 6.45) is 3.44. The van der Waals surface area contributed by atoms with Gasteiger partial charge in [0.15, 0.2) is 11.6 Å². The number of aromatic nitrogens is 1. The number of halogens is 4. The van der Waals surface area contributed by atoms with Gasteiger partial charge in [-0.05, 0) is 33.4 Å². The van der Waals surface area contributed by atoms with Gasteiger partial charge in [-0.25, -0.2) is 8.78 Å². The smallest absolute Gasteiger partial charge is 0.177 e. The third kappa shape index (κ3) is 5.14. The average Bonchev–Trinajstić information content (AvgIpc) is 2.99. The molecule has 1 unspecified atom stereocenters. The molecular weight excluding hydrogens is 465 g/mol. The summed E-state index contributed by atoms with van der Waals surface area (Å²) in [5, 5.41) is 4.76. The third-order valence-electron chi connectivity index (χ3n) is 5.58. The Hall–Kier alpha value is -1.45. The van der Waals surface area contributed by atoms with Crippen LogP contribution in [0.5, 0.6) is 0 Å². The Bertz CT molecular complexity index is 1030. The lowest BCUT2D eigenvalue weighted by Gasteiger charge is -2.41. The molecule has 2 aliphatic heterocycles. The second-order valence-electron chi connectivity index (χ2n) is 7.49. The number of fused-ring (bicyclic) bond motifs is 2. The van der Waals surface area contributed by atoms with E-state index in [0.29, 0.717) is 24.6 Å². The van der Waals surface area contributed by atoms with Crippen LogP contribution in [-0.2, 0) is 4.74 Å². The molecule has 0 saturated carbocycles. The first kappa shape index (κ1) is 25.8. The molecule has 0 radical (unpaired) electrons. The SMILES string of the molecule is CCOCCC1CN(C2=c3ncc(F)c(F)c3=CNc3sc(C)cc32)CCN1C.Cl.Cl. The van der Waals surface area contributed by atoms with Gasteiger partial charge in [0.25, 0.3) is 0 Å². The quantitative estimate of drug-likeness (QED) is 0.649. The van der Waals surface area contributed by atoms with Gasteiger partial charge in [0.2, 0.25) is 0 Å². The Kier molecular flexibility index (Phi) is 9.09. The number of hydrogen-bond acceptors (Lipinski definition) is 6. The fourth-order valence-corrected chi connectivity index (χ4v) is 4.89. The van der Waals surface area contributed by atoms with Crippen molar-refractivity contribution < 1.29 is 13.5 Å². The molecule has 31 heavy (non-hydrogen) atoms. The van der Waals surface area contributed by atoms with Crippen LogP contribution < -0.4 is 15.9 Å². The molecule has 0 bridgehead atoms. The van der Waals surface area contributed by atoms with Crippen LogP contribution in [0.15, 0.2) is 12.3 Å². The zero-order chi connectivity index (χ0) is 20.5. The topological polar surface area (TPSA) is 40.6 Å². The summed E-state index contributed by atoms with van der Waals surface area (Å²) in [5.41, 5.74) is 1.86. The van der Waals surface area contributed by atoms with E-state index in [9.17, 15) is 8.78 Å². The van der Waals surface area contributed by atoms with Gasteiger partial charge in [-0.1, -0.05) is 0 Å². The van der Waals surface area contributed by atoms with Crippen molar-refractivity contribution in [1.29, 1.82) is 0 Å². The molecule has 4 heterocycles. The fourth-order valence-electron chi connectivity index (χ4n) is 4.01. The molecule has 1 N–H and O–H groups in total. The zero-order valence-electron chi connectivity index (χ0n) is 17.8. The van der Waals surface area contributed by atoms with Crippen LogP contribution in [0, 0.1) is 18.6 Å².